The van der Waals surface area contributed by atoms with Gasteiger partial charge in [-0.15, -0.1) is 0 Å². The first-order valence-electron chi connectivity index (χ1n) is 5.45. The molecule has 0 aromatic carbocycles. The van der Waals surface area contributed by atoms with Crippen LogP contribution in [0.3, 0.4) is 0 Å². The first-order chi connectivity index (χ1) is 7.20. The van der Waals surface area contributed by atoms with Gasteiger partial charge in [0.25, 0.3) is 0 Å². The van der Waals surface area contributed by atoms with E-state index in [1.54, 1.807) is 4.90 Å². The van der Waals surface area contributed by atoms with E-state index in [-0.39, 0.29) is 12.6 Å². The predicted molar refractivity (Wildman–Crippen MR) is 55.7 cm³/mol. The number of aliphatic carboxylic acids is 1. The summed E-state index contributed by atoms with van der Waals surface area (Å²) in [4.78, 5) is 23.5. The summed E-state index contributed by atoms with van der Waals surface area (Å²) in [6, 6.07) is -0.251. The first-order valence-corrected chi connectivity index (χ1v) is 5.45. The van der Waals surface area contributed by atoms with Gasteiger partial charge in [0.15, 0.2) is 0 Å². The zero-order valence-corrected chi connectivity index (χ0v) is 8.87. The van der Waals surface area contributed by atoms with E-state index in [9.17, 15) is 9.59 Å². The molecule has 0 aromatic rings. The van der Waals surface area contributed by atoms with Crippen molar-refractivity contribution >= 4 is 12.0 Å². The maximum atomic E-state index is 11.5. The molecule has 1 saturated heterocycles. The van der Waals surface area contributed by atoms with E-state index in [2.05, 4.69) is 5.32 Å². The summed E-state index contributed by atoms with van der Waals surface area (Å²) >= 11 is 0. The molecule has 5 heteroatoms. The Morgan fingerprint density at radius 1 is 1.07 bits per heavy atom. The number of carbonyl (C=O) groups excluding carboxylic acids is 1. The largest absolute Gasteiger partial charge is 0.480 e. The molecule has 1 aliphatic heterocycles. The number of rotatable bonds is 2. The number of nitrogens with zero attached hydrogens (tertiary/aromatic N) is 1. The lowest BCUT2D eigenvalue weighted by molar-refractivity contribution is -0.135. The van der Waals surface area contributed by atoms with Gasteiger partial charge in [0.1, 0.15) is 6.54 Å². The molecule has 86 valence electrons. The molecule has 2 amide bonds. The number of hydrogen-bond donors (Lipinski definition) is 2. The Morgan fingerprint density at radius 3 is 2.13 bits per heavy atom. The van der Waals surface area contributed by atoms with Gasteiger partial charge in [-0.3, -0.25) is 4.79 Å². The third-order valence-electron chi connectivity index (χ3n) is 2.53. The maximum Gasteiger partial charge on any atom is 0.323 e. The normalized spacial score (nSPS) is 17.7. The van der Waals surface area contributed by atoms with Crippen molar-refractivity contribution in [1.82, 2.24) is 10.2 Å². The van der Waals surface area contributed by atoms with Gasteiger partial charge in [-0.2, -0.15) is 0 Å². The summed E-state index contributed by atoms with van der Waals surface area (Å²) < 4.78 is 0. The van der Waals surface area contributed by atoms with Crippen molar-refractivity contribution in [2.75, 3.05) is 19.6 Å². The standard InChI is InChI=1S/C10H18N2O3/c13-9(14)8-11-10(15)12-6-4-2-1-3-5-7-12/h1-8H2,(H,11,15)(H,13,14). The molecule has 5 nitrogen and oxygen atoms in total. The molecule has 0 aliphatic carbocycles. The van der Waals surface area contributed by atoms with Crippen molar-refractivity contribution in [3.8, 4) is 0 Å². The van der Waals surface area contributed by atoms with E-state index in [1.165, 1.54) is 6.42 Å². The molecular weight excluding hydrogens is 196 g/mol. The highest BCUT2D eigenvalue weighted by atomic mass is 16.4. The van der Waals surface area contributed by atoms with Crippen LogP contribution in [0.4, 0.5) is 4.79 Å². The molecule has 0 spiro atoms. The van der Waals surface area contributed by atoms with Crippen LogP contribution in [0.2, 0.25) is 0 Å². The Bertz CT molecular complexity index is 223. The summed E-state index contributed by atoms with van der Waals surface area (Å²) in [5.41, 5.74) is 0. The number of urea groups is 1. The average molecular weight is 214 g/mol. The molecule has 1 heterocycles. The van der Waals surface area contributed by atoms with Gasteiger partial charge >= 0.3 is 12.0 Å². The lowest BCUT2D eigenvalue weighted by Gasteiger charge is -2.24. The Balaban J connectivity index is 2.31. The second-order valence-corrected chi connectivity index (χ2v) is 3.81. The molecule has 0 unspecified atom stereocenters. The highest BCUT2D eigenvalue weighted by Gasteiger charge is 2.14. The fourth-order valence-corrected chi connectivity index (χ4v) is 1.71. The molecule has 0 bridgehead atoms. The monoisotopic (exact) mass is 214 g/mol. The SMILES string of the molecule is O=C(O)CNC(=O)N1CCCCCCC1. The van der Waals surface area contributed by atoms with E-state index in [0.717, 1.165) is 38.8 Å². The second kappa shape index (κ2) is 6.27. The molecule has 1 rings (SSSR count). The van der Waals surface area contributed by atoms with E-state index in [0.29, 0.717) is 0 Å². The molecule has 15 heavy (non-hydrogen) atoms. The minimum Gasteiger partial charge on any atom is -0.480 e. The lowest BCUT2D eigenvalue weighted by atomic mass is 10.1. The predicted octanol–water partition coefficient (Wildman–Crippen LogP) is 1.05. The van der Waals surface area contributed by atoms with Gasteiger partial charge in [-0.1, -0.05) is 19.3 Å². The van der Waals surface area contributed by atoms with Crippen LogP contribution in [0.25, 0.3) is 0 Å². The fraction of sp³-hybridized carbons (Fsp3) is 0.800. The molecular formula is C10H18N2O3. The van der Waals surface area contributed by atoms with Gasteiger partial charge in [0, 0.05) is 13.1 Å². The number of amides is 2. The minimum atomic E-state index is -1.00. The number of hydrogen-bond acceptors (Lipinski definition) is 2. The van der Waals surface area contributed by atoms with E-state index < -0.39 is 5.97 Å². The van der Waals surface area contributed by atoms with Gasteiger partial charge in [0.05, 0.1) is 0 Å². The molecule has 1 aliphatic rings. The second-order valence-electron chi connectivity index (χ2n) is 3.81. The van der Waals surface area contributed by atoms with E-state index >= 15 is 0 Å². The van der Waals surface area contributed by atoms with Crippen molar-refractivity contribution in [3.63, 3.8) is 0 Å². The molecule has 0 aromatic heterocycles. The summed E-state index contributed by atoms with van der Waals surface area (Å²) in [6.45, 7) is 1.19. The summed E-state index contributed by atoms with van der Waals surface area (Å²) in [6.07, 6.45) is 5.58. The summed E-state index contributed by atoms with van der Waals surface area (Å²) in [5.74, 6) is -1.00. The van der Waals surface area contributed by atoms with Crippen molar-refractivity contribution < 1.29 is 14.7 Å². The van der Waals surface area contributed by atoms with E-state index in [1.807, 2.05) is 0 Å². The van der Waals surface area contributed by atoms with E-state index in [4.69, 9.17) is 5.11 Å². The molecule has 2 N–H and O–H groups in total. The molecule has 1 fully saturated rings. The van der Waals surface area contributed by atoms with Gasteiger partial charge < -0.3 is 15.3 Å². The van der Waals surface area contributed by atoms with Crippen molar-refractivity contribution in [2.24, 2.45) is 0 Å². The van der Waals surface area contributed by atoms with Gasteiger partial charge in [-0.25, -0.2) is 4.79 Å². The maximum absolute atomic E-state index is 11.5. The highest BCUT2D eigenvalue weighted by molar-refractivity contribution is 5.79. The van der Waals surface area contributed by atoms with Crippen LogP contribution in [-0.4, -0.2) is 41.6 Å². The number of likely N-dealkylation sites (tertiary alicyclic amines) is 1. The first kappa shape index (κ1) is 11.8. The van der Waals surface area contributed by atoms with Crippen LogP contribution in [0.5, 0.6) is 0 Å². The van der Waals surface area contributed by atoms with Crippen LogP contribution >= 0.6 is 0 Å². The topological polar surface area (TPSA) is 69.6 Å². The molecule has 0 atom stereocenters. The van der Waals surface area contributed by atoms with Crippen LogP contribution in [0, 0.1) is 0 Å². The number of nitrogens with one attached hydrogen (secondary N) is 1. The average Bonchev–Trinajstić information content (AvgIpc) is 2.13. The third kappa shape index (κ3) is 4.67. The molecule has 0 radical (unpaired) electrons. The Labute approximate surface area is 89.4 Å². The summed E-state index contributed by atoms with van der Waals surface area (Å²) in [5, 5.41) is 10.8. The fourth-order valence-electron chi connectivity index (χ4n) is 1.71. The molecule has 0 saturated carbocycles. The highest BCUT2D eigenvalue weighted by Crippen LogP contribution is 2.10. The van der Waals surface area contributed by atoms with Gasteiger partial charge in [-0.05, 0) is 12.8 Å². The Morgan fingerprint density at radius 2 is 1.60 bits per heavy atom. The Hall–Kier alpha value is -1.26. The number of carboxylic acid groups (broad SMARTS) is 1. The van der Waals surface area contributed by atoms with Crippen molar-refractivity contribution in [1.29, 1.82) is 0 Å². The smallest absolute Gasteiger partial charge is 0.323 e. The van der Waals surface area contributed by atoms with Crippen molar-refractivity contribution in [3.05, 3.63) is 0 Å². The summed E-state index contributed by atoms with van der Waals surface area (Å²) in [7, 11) is 0. The van der Waals surface area contributed by atoms with Crippen LogP contribution in [-0.2, 0) is 4.79 Å². The van der Waals surface area contributed by atoms with Crippen molar-refractivity contribution in [2.45, 2.75) is 32.1 Å². The number of carboxylic acids is 1. The Kier molecular flexibility index (Phi) is 4.93. The van der Waals surface area contributed by atoms with Crippen LogP contribution in [0.15, 0.2) is 0 Å². The number of carbonyl (C=O) groups is 2. The lowest BCUT2D eigenvalue weighted by Crippen LogP contribution is -2.43. The third-order valence-corrected chi connectivity index (χ3v) is 2.53. The van der Waals surface area contributed by atoms with Crippen LogP contribution in [0.1, 0.15) is 32.1 Å². The zero-order valence-electron chi connectivity index (χ0n) is 8.87. The minimum absolute atomic E-state index is 0.251. The van der Waals surface area contributed by atoms with Crippen LogP contribution < -0.4 is 5.32 Å². The zero-order chi connectivity index (χ0) is 11.1. The van der Waals surface area contributed by atoms with Gasteiger partial charge in [0.2, 0.25) is 0 Å². The quantitative estimate of drug-likeness (QED) is 0.721.